The summed E-state index contributed by atoms with van der Waals surface area (Å²) in [6.07, 6.45) is 2.01. The largest absolute Gasteiger partial charge is 0.476 e. The third-order valence-corrected chi connectivity index (χ3v) is 4.31. The molecule has 4 nitrogen and oxygen atoms in total. The molecule has 3 N–H and O–H groups in total. The van der Waals surface area contributed by atoms with Gasteiger partial charge in [-0.05, 0) is 43.2 Å². The van der Waals surface area contributed by atoms with Gasteiger partial charge in [-0.3, -0.25) is 0 Å². The molecule has 0 saturated heterocycles. The number of nitrogens with zero attached hydrogens (tertiary/aromatic N) is 1. The van der Waals surface area contributed by atoms with E-state index in [0.717, 1.165) is 28.3 Å². The zero-order chi connectivity index (χ0) is 15.0. The van der Waals surface area contributed by atoms with Gasteiger partial charge in [0.25, 0.3) is 0 Å². The van der Waals surface area contributed by atoms with Crippen LogP contribution in [0.25, 0.3) is 0 Å². The summed E-state index contributed by atoms with van der Waals surface area (Å²) < 4.78 is 12.9. The fourth-order valence-electron chi connectivity index (χ4n) is 2.06. The molecule has 1 aliphatic rings. The second kappa shape index (κ2) is 5.37. The fraction of sp³-hybridized carbons (Fsp3) is 0.200. The minimum absolute atomic E-state index is 0.0969. The maximum Gasteiger partial charge on any atom is 0.356 e. The molecular formula is C15H13FN2O2S. The number of carbonyl (C=O) groups is 1. The molecule has 6 heteroatoms. The Hall–Kier alpha value is -2.08. The van der Waals surface area contributed by atoms with E-state index in [1.165, 1.54) is 23.9 Å². The lowest BCUT2D eigenvalue weighted by Crippen LogP contribution is -2.08. The molecule has 0 atom stereocenters. The van der Waals surface area contributed by atoms with E-state index in [4.69, 9.17) is 10.8 Å². The van der Waals surface area contributed by atoms with Crippen molar-refractivity contribution in [3.05, 3.63) is 47.5 Å². The van der Waals surface area contributed by atoms with Crippen molar-refractivity contribution in [1.82, 2.24) is 4.98 Å². The number of aromatic nitrogens is 1. The number of benzene rings is 1. The number of pyridine rings is 1. The van der Waals surface area contributed by atoms with Gasteiger partial charge >= 0.3 is 5.97 Å². The van der Waals surface area contributed by atoms with Crippen molar-refractivity contribution in [1.29, 1.82) is 0 Å². The Kier molecular flexibility index (Phi) is 3.55. The number of hydrogen-bond acceptors (Lipinski definition) is 4. The minimum atomic E-state index is -1.12. The van der Waals surface area contributed by atoms with Crippen LogP contribution in [0, 0.1) is 5.82 Å². The van der Waals surface area contributed by atoms with Gasteiger partial charge in [-0.25, -0.2) is 14.2 Å². The maximum atomic E-state index is 12.9. The summed E-state index contributed by atoms with van der Waals surface area (Å²) in [7, 11) is 0. The number of hydrogen-bond donors (Lipinski definition) is 2. The van der Waals surface area contributed by atoms with Crippen molar-refractivity contribution < 1.29 is 14.3 Å². The van der Waals surface area contributed by atoms with Crippen LogP contribution in [0.4, 0.5) is 10.1 Å². The lowest BCUT2D eigenvalue weighted by atomic mass is 10.2. The Bertz CT molecular complexity index is 700. The molecule has 108 valence electrons. The Labute approximate surface area is 125 Å². The Morgan fingerprint density at radius 2 is 2.00 bits per heavy atom. The van der Waals surface area contributed by atoms with Crippen LogP contribution in [0.2, 0.25) is 0 Å². The number of nitrogen functional groups attached to an aromatic ring is 1. The lowest BCUT2D eigenvalue weighted by Gasteiger charge is -2.11. The molecule has 0 bridgehead atoms. The zero-order valence-electron chi connectivity index (χ0n) is 11.0. The van der Waals surface area contributed by atoms with Crippen molar-refractivity contribution in [2.24, 2.45) is 0 Å². The first-order chi connectivity index (χ1) is 10.0. The van der Waals surface area contributed by atoms with Crippen LogP contribution in [-0.4, -0.2) is 16.1 Å². The van der Waals surface area contributed by atoms with Gasteiger partial charge in [-0.1, -0.05) is 11.8 Å². The van der Waals surface area contributed by atoms with Gasteiger partial charge in [0.05, 0.1) is 11.4 Å². The lowest BCUT2D eigenvalue weighted by molar-refractivity contribution is 0.0691. The van der Waals surface area contributed by atoms with Crippen LogP contribution < -0.4 is 5.73 Å². The van der Waals surface area contributed by atoms with Crippen LogP contribution >= 0.6 is 11.8 Å². The molecule has 3 rings (SSSR count). The van der Waals surface area contributed by atoms with Gasteiger partial charge in [0, 0.05) is 15.7 Å². The molecular weight excluding hydrogens is 291 g/mol. The molecule has 0 unspecified atom stereocenters. The summed E-state index contributed by atoms with van der Waals surface area (Å²) in [4.78, 5) is 17.1. The first-order valence-corrected chi connectivity index (χ1v) is 7.33. The molecule has 1 heterocycles. The third-order valence-electron chi connectivity index (χ3n) is 3.25. The van der Waals surface area contributed by atoms with Gasteiger partial charge in [0.1, 0.15) is 5.82 Å². The highest BCUT2D eigenvalue weighted by molar-refractivity contribution is 7.99. The highest BCUT2D eigenvalue weighted by atomic mass is 32.2. The molecule has 1 fully saturated rings. The number of carboxylic acid groups (broad SMARTS) is 1. The summed E-state index contributed by atoms with van der Waals surface area (Å²) in [5.74, 6) is -1.11. The van der Waals surface area contributed by atoms with E-state index >= 15 is 0 Å². The van der Waals surface area contributed by atoms with Crippen molar-refractivity contribution in [2.75, 3.05) is 5.73 Å². The summed E-state index contributed by atoms with van der Waals surface area (Å²) in [5.41, 5.74) is 6.60. The molecule has 0 amide bonds. The fourth-order valence-corrected chi connectivity index (χ4v) is 3.08. The summed E-state index contributed by atoms with van der Waals surface area (Å²) in [6, 6.07) is 7.79. The highest BCUT2D eigenvalue weighted by Gasteiger charge is 2.30. The molecule has 0 radical (unpaired) electrons. The molecule has 1 saturated carbocycles. The minimum Gasteiger partial charge on any atom is -0.476 e. The zero-order valence-corrected chi connectivity index (χ0v) is 11.9. The number of anilines is 1. The van der Waals surface area contributed by atoms with Crippen LogP contribution in [0.3, 0.4) is 0 Å². The van der Waals surface area contributed by atoms with E-state index < -0.39 is 5.97 Å². The van der Waals surface area contributed by atoms with Crippen molar-refractivity contribution >= 4 is 23.4 Å². The second-order valence-corrected chi connectivity index (χ2v) is 6.06. The van der Waals surface area contributed by atoms with Crippen molar-refractivity contribution in [3.63, 3.8) is 0 Å². The van der Waals surface area contributed by atoms with Gasteiger partial charge in [-0.15, -0.1) is 0 Å². The Morgan fingerprint density at radius 1 is 1.33 bits per heavy atom. The summed E-state index contributed by atoms with van der Waals surface area (Å²) in [5, 5.41) is 9.11. The SMILES string of the molecule is Nc1cc(Sc2ccc(F)cc2)c(C2CC2)nc1C(=O)O. The standard InChI is InChI=1S/C15H13FN2O2S/c16-9-3-5-10(6-4-9)21-12-7-11(17)14(15(19)20)18-13(12)8-1-2-8/h3-8H,1-2,17H2,(H,19,20). The quantitative estimate of drug-likeness (QED) is 0.903. The Balaban J connectivity index is 1.98. The average molecular weight is 304 g/mol. The van der Waals surface area contributed by atoms with E-state index in [9.17, 15) is 9.18 Å². The summed E-state index contributed by atoms with van der Waals surface area (Å²) in [6.45, 7) is 0. The number of nitrogens with two attached hydrogens (primary N) is 1. The van der Waals surface area contributed by atoms with Crippen LogP contribution in [-0.2, 0) is 0 Å². The maximum absolute atomic E-state index is 12.9. The predicted octanol–water partition coefficient (Wildman–Crippen LogP) is 3.53. The van der Waals surface area contributed by atoms with E-state index in [0.29, 0.717) is 5.92 Å². The topological polar surface area (TPSA) is 76.2 Å². The van der Waals surface area contributed by atoms with Gasteiger partial charge in [0.2, 0.25) is 0 Å². The molecule has 21 heavy (non-hydrogen) atoms. The van der Waals surface area contributed by atoms with Crippen LogP contribution in [0.15, 0.2) is 40.1 Å². The number of aromatic carboxylic acids is 1. The van der Waals surface area contributed by atoms with Crippen molar-refractivity contribution in [3.8, 4) is 0 Å². The first-order valence-electron chi connectivity index (χ1n) is 6.51. The summed E-state index contributed by atoms with van der Waals surface area (Å²) >= 11 is 1.42. The first kappa shape index (κ1) is 13.9. The monoisotopic (exact) mass is 304 g/mol. The van der Waals surface area contributed by atoms with Crippen LogP contribution in [0.5, 0.6) is 0 Å². The third kappa shape index (κ3) is 3.00. The van der Waals surface area contributed by atoms with Gasteiger partial charge in [0.15, 0.2) is 5.69 Å². The number of carboxylic acids is 1. The van der Waals surface area contributed by atoms with E-state index in [2.05, 4.69) is 4.98 Å². The molecule has 1 aromatic heterocycles. The number of rotatable bonds is 4. The van der Waals surface area contributed by atoms with E-state index in [1.807, 2.05) is 0 Å². The van der Waals surface area contributed by atoms with Gasteiger partial charge in [-0.2, -0.15) is 0 Å². The van der Waals surface area contributed by atoms with Crippen LogP contribution in [0.1, 0.15) is 34.9 Å². The molecule has 1 aromatic carbocycles. The molecule has 0 aliphatic heterocycles. The van der Waals surface area contributed by atoms with Gasteiger partial charge < -0.3 is 10.8 Å². The highest BCUT2D eigenvalue weighted by Crippen LogP contribution is 2.45. The normalized spacial score (nSPS) is 14.1. The van der Waals surface area contributed by atoms with E-state index in [1.54, 1.807) is 18.2 Å². The molecule has 0 spiro atoms. The van der Waals surface area contributed by atoms with Crippen molar-refractivity contribution in [2.45, 2.75) is 28.6 Å². The average Bonchev–Trinajstić information content (AvgIpc) is 3.25. The predicted molar refractivity (Wildman–Crippen MR) is 78.1 cm³/mol. The number of halogens is 1. The smallest absolute Gasteiger partial charge is 0.356 e. The molecule has 2 aromatic rings. The molecule has 1 aliphatic carbocycles. The second-order valence-electron chi connectivity index (χ2n) is 4.94. The Morgan fingerprint density at radius 3 is 2.57 bits per heavy atom. The van der Waals surface area contributed by atoms with E-state index in [-0.39, 0.29) is 17.2 Å².